The number of imidazole rings is 1. The number of hydrogen-bond donors (Lipinski definition) is 3. The number of carbonyl (C=O) groups is 1. The van der Waals surface area contributed by atoms with Crippen LogP contribution >= 0.6 is 24.0 Å². The molecule has 5 aromatic rings. The third-order valence-corrected chi connectivity index (χ3v) is 6.12. The Morgan fingerprint density at radius 1 is 1.06 bits per heavy atom. The summed E-state index contributed by atoms with van der Waals surface area (Å²) in [5, 5.41) is 8.43. The number of thiol groups is 1. The van der Waals surface area contributed by atoms with Crippen molar-refractivity contribution in [1.29, 1.82) is 0 Å². The van der Waals surface area contributed by atoms with Gasteiger partial charge in [0.2, 0.25) is 0 Å². The number of amides is 1. The molecule has 7 nitrogen and oxygen atoms in total. The predicted molar refractivity (Wildman–Crippen MR) is 132 cm³/mol. The minimum absolute atomic E-state index is 0.266. The molecule has 3 aromatic heterocycles. The second-order valence-corrected chi connectivity index (χ2v) is 8.43. The van der Waals surface area contributed by atoms with E-state index < -0.39 is 0 Å². The Morgan fingerprint density at radius 2 is 1.88 bits per heavy atom. The molecule has 0 aliphatic heterocycles. The van der Waals surface area contributed by atoms with E-state index in [0.717, 1.165) is 46.3 Å². The van der Waals surface area contributed by atoms with E-state index in [9.17, 15) is 4.79 Å². The van der Waals surface area contributed by atoms with Gasteiger partial charge in [0.15, 0.2) is 4.96 Å². The van der Waals surface area contributed by atoms with Crippen LogP contribution in [0.1, 0.15) is 16.2 Å². The van der Waals surface area contributed by atoms with Crippen molar-refractivity contribution >= 4 is 51.6 Å². The van der Waals surface area contributed by atoms with E-state index in [0.29, 0.717) is 11.2 Å². The number of anilines is 1. The predicted octanol–water partition coefficient (Wildman–Crippen LogP) is 4.28. The zero-order valence-corrected chi connectivity index (χ0v) is 18.7. The minimum Gasteiger partial charge on any atom is -0.320 e. The molecule has 3 heterocycles. The number of nitrogens with one attached hydrogen (secondary N) is 2. The highest BCUT2D eigenvalue weighted by atomic mass is 32.1. The third kappa shape index (κ3) is 4.10. The van der Waals surface area contributed by atoms with E-state index in [1.165, 1.54) is 6.20 Å². The summed E-state index contributed by atoms with van der Waals surface area (Å²) in [6, 6.07) is 15.1. The Balaban J connectivity index is 1.43. The lowest BCUT2D eigenvalue weighted by molar-refractivity contribution is 0.102. The van der Waals surface area contributed by atoms with Gasteiger partial charge in [-0.1, -0.05) is 30.3 Å². The van der Waals surface area contributed by atoms with Crippen molar-refractivity contribution in [3.8, 4) is 11.3 Å². The average molecular weight is 461 g/mol. The molecule has 160 valence electrons. The summed E-state index contributed by atoms with van der Waals surface area (Å²) in [5.41, 5.74) is 5.16. The number of rotatable bonds is 7. The molecule has 32 heavy (non-hydrogen) atoms. The number of benzene rings is 2. The molecule has 5 rings (SSSR count). The number of thiazole rings is 1. The highest BCUT2D eigenvalue weighted by Crippen LogP contribution is 2.29. The van der Waals surface area contributed by atoms with E-state index in [2.05, 4.69) is 43.0 Å². The number of para-hydroxylation sites is 3. The molecule has 2 aromatic carbocycles. The lowest BCUT2D eigenvalue weighted by Crippen LogP contribution is -2.16. The van der Waals surface area contributed by atoms with Gasteiger partial charge in [0, 0.05) is 41.7 Å². The smallest absolute Gasteiger partial charge is 0.275 e. The van der Waals surface area contributed by atoms with Gasteiger partial charge in [-0.05, 0) is 18.2 Å². The summed E-state index contributed by atoms with van der Waals surface area (Å²) in [6.07, 6.45) is 3.50. The molecule has 0 radical (unpaired) electrons. The number of carbonyl (C=O) groups excluding carboxylic acids is 1. The van der Waals surface area contributed by atoms with E-state index in [-0.39, 0.29) is 11.6 Å². The van der Waals surface area contributed by atoms with Crippen molar-refractivity contribution in [3.63, 3.8) is 0 Å². The summed E-state index contributed by atoms with van der Waals surface area (Å²) in [4.78, 5) is 27.4. The first-order valence-electron chi connectivity index (χ1n) is 10.1. The van der Waals surface area contributed by atoms with Crippen molar-refractivity contribution in [2.24, 2.45) is 0 Å². The van der Waals surface area contributed by atoms with Gasteiger partial charge in [-0.15, -0.1) is 11.3 Å². The molecule has 0 spiro atoms. The second kappa shape index (κ2) is 9.07. The molecule has 1 amide bonds. The lowest BCUT2D eigenvalue weighted by Gasteiger charge is -2.09. The lowest BCUT2D eigenvalue weighted by atomic mass is 10.1. The summed E-state index contributed by atoms with van der Waals surface area (Å²) >= 11 is 5.83. The van der Waals surface area contributed by atoms with Crippen LogP contribution < -0.4 is 10.6 Å². The molecule has 0 fully saturated rings. The second-order valence-electron chi connectivity index (χ2n) is 7.15. The van der Waals surface area contributed by atoms with Gasteiger partial charge in [-0.2, -0.15) is 12.6 Å². The number of aromatic nitrogens is 4. The molecule has 9 heteroatoms. The molecule has 0 aliphatic rings. The molecule has 0 saturated heterocycles. The van der Waals surface area contributed by atoms with Crippen LogP contribution in [0.2, 0.25) is 0 Å². The first-order chi connectivity index (χ1) is 15.7. The van der Waals surface area contributed by atoms with Gasteiger partial charge in [0.05, 0.1) is 28.6 Å². The largest absolute Gasteiger partial charge is 0.320 e. The van der Waals surface area contributed by atoms with Gasteiger partial charge >= 0.3 is 0 Å². The Labute approximate surface area is 194 Å². The van der Waals surface area contributed by atoms with Crippen molar-refractivity contribution in [1.82, 2.24) is 24.7 Å². The van der Waals surface area contributed by atoms with Crippen LogP contribution in [0.15, 0.2) is 66.3 Å². The number of fused-ring (bicyclic) bond motifs is 2. The van der Waals surface area contributed by atoms with Crippen LogP contribution in [-0.4, -0.2) is 37.6 Å². The van der Waals surface area contributed by atoms with Gasteiger partial charge in [0.1, 0.15) is 5.69 Å². The fourth-order valence-corrected chi connectivity index (χ4v) is 4.48. The van der Waals surface area contributed by atoms with E-state index >= 15 is 0 Å². The fraction of sp³-hybridized carbons (Fsp3) is 0.130. The zero-order chi connectivity index (χ0) is 21.9. The Kier molecular flexibility index (Phi) is 5.85. The SMILES string of the molecule is O=C(Nc1ccccc1-c1cn2c(CNCCS)csc2n1)c1cnc2ccccc2n1. The molecule has 0 atom stereocenters. The third-order valence-electron chi connectivity index (χ3n) is 5.01. The van der Waals surface area contributed by atoms with Crippen LogP contribution in [0, 0.1) is 0 Å². The topological polar surface area (TPSA) is 84.2 Å². The van der Waals surface area contributed by atoms with Crippen LogP contribution in [0.5, 0.6) is 0 Å². The van der Waals surface area contributed by atoms with E-state index in [4.69, 9.17) is 4.98 Å². The highest BCUT2D eigenvalue weighted by molar-refractivity contribution is 7.80. The number of nitrogens with zero attached hydrogens (tertiary/aromatic N) is 4. The molecular formula is C23H20N6OS2. The van der Waals surface area contributed by atoms with Gasteiger partial charge in [-0.25, -0.2) is 9.97 Å². The van der Waals surface area contributed by atoms with Gasteiger partial charge < -0.3 is 10.6 Å². The van der Waals surface area contributed by atoms with Crippen molar-refractivity contribution in [2.45, 2.75) is 6.54 Å². The van der Waals surface area contributed by atoms with E-state index in [1.54, 1.807) is 11.3 Å². The standard InChI is InChI=1S/C23H20N6OS2/c30-22(20-12-25-18-7-3-4-8-19(18)26-20)27-17-6-2-1-5-16(17)21-13-29-15(11-24-9-10-31)14-32-23(29)28-21/h1-8,12-14,24,31H,9-11H2,(H,27,30). The summed E-state index contributed by atoms with van der Waals surface area (Å²) in [7, 11) is 0. The summed E-state index contributed by atoms with van der Waals surface area (Å²) < 4.78 is 2.08. The van der Waals surface area contributed by atoms with Crippen LogP contribution in [0.3, 0.4) is 0 Å². The van der Waals surface area contributed by atoms with Crippen molar-refractivity contribution in [2.75, 3.05) is 17.6 Å². The zero-order valence-electron chi connectivity index (χ0n) is 17.0. The molecule has 0 unspecified atom stereocenters. The first kappa shape index (κ1) is 20.6. The molecule has 0 saturated carbocycles. The Bertz CT molecular complexity index is 1410. The first-order valence-corrected chi connectivity index (χ1v) is 11.6. The average Bonchev–Trinajstić information content (AvgIpc) is 3.41. The summed E-state index contributed by atoms with van der Waals surface area (Å²) in [6.45, 7) is 1.59. The Morgan fingerprint density at radius 3 is 2.75 bits per heavy atom. The van der Waals surface area contributed by atoms with Crippen LogP contribution in [0.25, 0.3) is 27.3 Å². The van der Waals surface area contributed by atoms with E-state index in [1.807, 2.05) is 54.7 Å². The maximum absolute atomic E-state index is 12.9. The summed E-state index contributed by atoms with van der Waals surface area (Å²) in [5.74, 6) is 0.477. The maximum Gasteiger partial charge on any atom is 0.275 e. The maximum atomic E-state index is 12.9. The van der Waals surface area contributed by atoms with Crippen LogP contribution in [-0.2, 0) is 6.54 Å². The molecular weight excluding hydrogens is 440 g/mol. The fourth-order valence-electron chi connectivity index (χ4n) is 3.45. The molecule has 0 aliphatic carbocycles. The number of hydrogen-bond acceptors (Lipinski definition) is 7. The van der Waals surface area contributed by atoms with Gasteiger partial charge in [0.25, 0.3) is 5.91 Å². The highest BCUT2D eigenvalue weighted by Gasteiger charge is 2.15. The normalized spacial score (nSPS) is 11.3. The molecule has 2 N–H and O–H groups in total. The van der Waals surface area contributed by atoms with Gasteiger partial charge in [-0.3, -0.25) is 14.2 Å². The van der Waals surface area contributed by atoms with Crippen molar-refractivity contribution < 1.29 is 4.79 Å². The van der Waals surface area contributed by atoms with Crippen LogP contribution in [0.4, 0.5) is 5.69 Å². The minimum atomic E-state index is -0.312. The van der Waals surface area contributed by atoms with Crippen molar-refractivity contribution in [3.05, 3.63) is 77.7 Å². The Hall–Kier alpha value is -3.27. The quantitative estimate of drug-likeness (QED) is 0.249. The molecule has 0 bridgehead atoms. The monoisotopic (exact) mass is 460 g/mol.